The van der Waals surface area contributed by atoms with Gasteiger partial charge in [0.2, 0.25) is 11.8 Å². The van der Waals surface area contributed by atoms with Gasteiger partial charge in [-0.15, -0.1) is 0 Å². The fraction of sp³-hybridized carbons (Fsp3) is 0.235. The van der Waals surface area contributed by atoms with E-state index in [0.717, 1.165) is 0 Å². The van der Waals surface area contributed by atoms with Crippen molar-refractivity contribution in [2.75, 3.05) is 5.32 Å². The van der Waals surface area contributed by atoms with E-state index in [1.807, 2.05) is 6.07 Å². The molecule has 0 heterocycles. The van der Waals surface area contributed by atoms with Crippen LogP contribution >= 0.6 is 0 Å². The average molecular weight is 687 g/mol. The Hall–Kier alpha value is -6.60. The van der Waals surface area contributed by atoms with Gasteiger partial charge in [0.15, 0.2) is 0 Å². The summed E-state index contributed by atoms with van der Waals surface area (Å²) < 4.78 is 4.95. The van der Waals surface area contributed by atoms with Crippen LogP contribution < -0.4 is 27.0 Å². The van der Waals surface area contributed by atoms with Crippen molar-refractivity contribution in [3.63, 3.8) is 0 Å². The molecule has 0 bridgehead atoms. The number of hydrogen-bond donors (Lipinski definition) is 7. The van der Waals surface area contributed by atoms with Crippen molar-refractivity contribution in [2.24, 2.45) is 5.73 Å². The second-order valence-electron chi connectivity index (χ2n) is 10.9. The van der Waals surface area contributed by atoms with Crippen molar-refractivity contribution in [2.45, 2.75) is 49.9 Å². The number of urea groups is 1. The topological polar surface area (TPSA) is 267 Å². The van der Waals surface area contributed by atoms with Crippen LogP contribution in [0, 0.1) is 11.3 Å². The highest BCUT2D eigenvalue weighted by Gasteiger charge is 2.32. The van der Waals surface area contributed by atoms with E-state index in [1.54, 1.807) is 60.7 Å². The minimum absolute atomic E-state index is 0.139. The number of carbonyl (C=O) groups excluding carboxylic acids is 5. The molecule has 0 aliphatic heterocycles. The van der Waals surface area contributed by atoms with E-state index in [0.29, 0.717) is 16.7 Å². The minimum Gasteiger partial charge on any atom is -0.481 e. The molecule has 3 rings (SSSR count). The largest absolute Gasteiger partial charge is 0.481 e. The van der Waals surface area contributed by atoms with Gasteiger partial charge in [0.05, 0.1) is 30.5 Å². The van der Waals surface area contributed by atoms with Crippen molar-refractivity contribution in [3.8, 4) is 6.07 Å². The Morgan fingerprint density at radius 3 is 1.76 bits per heavy atom. The summed E-state index contributed by atoms with van der Waals surface area (Å²) in [6.45, 7) is 0. The summed E-state index contributed by atoms with van der Waals surface area (Å²) in [6, 6.07) is 16.9. The van der Waals surface area contributed by atoms with Crippen molar-refractivity contribution < 1.29 is 48.5 Å². The number of nitrogens with two attached hydrogens (primary N) is 1. The van der Waals surface area contributed by atoms with Crippen LogP contribution in [0.2, 0.25) is 0 Å². The molecule has 0 aliphatic rings. The van der Waals surface area contributed by atoms with Crippen molar-refractivity contribution in [3.05, 3.63) is 102 Å². The number of nitriles is 1. The highest BCUT2D eigenvalue weighted by molar-refractivity contribution is 5.98. The molecule has 0 saturated carbocycles. The van der Waals surface area contributed by atoms with E-state index < -0.39 is 78.7 Å². The Kier molecular flexibility index (Phi) is 14.1. The molecule has 0 fully saturated rings. The minimum atomic E-state index is -1.77. The number of carbonyl (C=O) groups is 7. The average Bonchev–Trinajstić information content (AvgIpc) is 3.08. The van der Waals surface area contributed by atoms with Gasteiger partial charge < -0.3 is 42.0 Å². The smallest absolute Gasteiger partial charge is 0.336 e. The number of hydrogen-bond acceptors (Lipinski definition) is 10. The number of rotatable bonds is 16. The molecule has 0 radical (unpaired) electrons. The maximum absolute atomic E-state index is 13.4. The second-order valence-corrected chi connectivity index (χ2v) is 10.9. The van der Waals surface area contributed by atoms with Crippen LogP contribution in [-0.4, -0.2) is 76.1 Å². The molecule has 0 unspecified atom stereocenters. The summed E-state index contributed by atoms with van der Waals surface area (Å²) in [7, 11) is 0. The monoisotopic (exact) mass is 686 g/mol. The lowest BCUT2D eigenvalue weighted by molar-refractivity contribution is -0.162. The first-order valence-corrected chi connectivity index (χ1v) is 15.1. The summed E-state index contributed by atoms with van der Waals surface area (Å²) in [6.07, 6.45) is -2.03. The zero-order valence-electron chi connectivity index (χ0n) is 26.4. The third kappa shape index (κ3) is 12.5. The van der Waals surface area contributed by atoms with Gasteiger partial charge in [0.1, 0.15) is 18.1 Å². The molecule has 0 aromatic heterocycles. The number of nitrogens with one attached hydrogen (secondary N) is 4. The van der Waals surface area contributed by atoms with E-state index in [9.17, 15) is 38.7 Å². The lowest BCUT2D eigenvalue weighted by atomic mass is 10.0. The number of esters is 2. The zero-order valence-corrected chi connectivity index (χ0v) is 26.4. The van der Waals surface area contributed by atoms with Gasteiger partial charge in [-0.05, 0) is 35.4 Å². The van der Waals surface area contributed by atoms with E-state index in [2.05, 4.69) is 21.3 Å². The standard InChI is InChI=1S/C34H34N6O10/c35-19-22-11-13-23(14-12-22)37-34(49)40-25(31(45)38-26(32(46)47)15-20-7-3-1-4-8-20)18-29(43)50-33(48)27(16-21-9-5-2-6-10-21)39-30(44)24(36)17-28(41)42/h1-14,24-27H,15-18,36H2,(H,38,45)(H,39,44)(H,41,42)(H,46,47)(H2,37,40,49)/t24-,25-,26-,27-/m0/s1. The number of carboxylic acids is 2. The molecular formula is C34H34N6O10. The van der Waals surface area contributed by atoms with Crippen LogP contribution in [0.3, 0.4) is 0 Å². The molecule has 16 heteroatoms. The molecule has 260 valence electrons. The van der Waals surface area contributed by atoms with Crippen molar-refractivity contribution in [1.82, 2.24) is 16.0 Å². The molecule has 8 N–H and O–H groups in total. The predicted molar refractivity (Wildman–Crippen MR) is 175 cm³/mol. The van der Waals surface area contributed by atoms with Crippen LogP contribution in [0.1, 0.15) is 29.5 Å². The SMILES string of the molecule is N#Cc1ccc(NC(=O)N[C@@H](CC(=O)OC(=O)[C@H](Cc2ccccc2)NC(=O)[C@@H](N)CC(=O)O)C(=O)N[C@@H](Cc2ccccc2)C(=O)O)cc1. The molecule has 0 saturated heterocycles. The molecule has 3 aromatic rings. The summed E-state index contributed by atoms with van der Waals surface area (Å²) >= 11 is 0. The molecular weight excluding hydrogens is 652 g/mol. The Bertz CT molecular complexity index is 1730. The summed E-state index contributed by atoms with van der Waals surface area (Å²) in [4.78, 5) is 88.0. The normalized spacial score (nSPS) is 12.8. The molecule has 0 spiro atoms. The Morgan fingerprint density at radius 2 is 1.24 bits per heavy atom. The first-order valence-electron chi connectivity index (χ1n) is 15.1. The number of carboxylic acid groups (broad SMARTS) is 2. The van der Waals surface area contributed by atoms with E-state index in [4.69, 9.17) is 20.8 Å². The summed E-state index contributed by atoms with van der Waals surface area (Å²) in [5, 5.41) is 37.0. The molecule has 0 aliphatic carbocycles. The third-order valence-electron chi connectivity index (χ3n) is 6.99. The Morgan fingerprint density at radius 1 is 0.700 bits per heavy atom. The molecule has 3 aromatic carbocycles. The zero-order chi connectivity index (χ0) is 36.6. The maximum Gasteiger partial charge on any atom is 0.336 e. The lowest BCUT2D eigenvalue weighted by Crippen LogP contribution is -2.54. The first kappa shape index (κ1) is 37.9. The number of benzene rings is 3. The van der Waals surface area contributed by atoms with Gasteiger partial charge in [0.25, 0.3) is 0 Å². The van der Waals surface area contributed by atoms with Crippen LogP contribution in [0.4, 0.5) is 10.5 Å². The van der Waals surface area contributed by atoms with Crippen molar-refractivity contribution in [1.29, 1.82) is 5.26 Å². The summed E-state index contributed by atoms with van der Waals surface area (Å²) in [5.74, 6) is -7.47. The van der Waals surface area contributed by atoms with E-state index in [1.165, 1.54) is 24.3 Å². The number of ether oxygens (including phenoxy) is 1. The maximum atomic E-state index is 13.4. The fourth-order valence-corrected chi connectivity index (χ4v) is 4.48. The third-order valence-corrected chi connectivity index (χ3v) is 6.99. The van der Waals surface area contributed by atoms with Crippen LogP contribution in [0.5, 0.6) is 0 Å². The second kappa shape index (κ2) is 18.7. The number of aliphatic carboxylic acids is 2. The van der Waals surface area contributed by atoms with E-state index in [-0.39, 0.29) is 18.5 Å². The molecule has 4 atom stereocenters. The van der Waals surface area contributed by atoms with Gasteiger partial charge in [-0.2, -0.15) is 5.26 Å². The van der Waals surface area contributed by atoms with Crippen molar-refractivity contribution >= 4 is 47.4 Å². The van der Waals surface area contributed by atoms with Gasteiger partial charge >= 0.3 is 29.9 Å². The molecule has 4 amide bonds. The number of nitrogens with zero attached hydrogens (tertiary/aromatic N) is 1. The predicted octanol–water partition coefficient (Wildman–Crippen LogP) is 0.850. The Balaban J connectivity index is 1.79. The summed E-state index contributed by atoms with van der Waals surface area (Å²) in [5.41, 5.74) is 7.26. The Labute approximate surface area is 285 Å². The molecule has 50 heavy (non-hydrogen) atoms. The van der Waals surface area contributed by atoms with Crippen LogP contribution in [0.15, 0.2) is 84.9 Å². The molecule has 16 nitrogen and oxygen atoms in total. The quantitative estimate of drug-likeness (QED) is 0.0817. The highest BCUT2D eigenvalue weighted by Crippen LogP contribution is 2.11. The lowest BCUT2D eigenvalue weighted by Gasteiger charge is -2.22. The number of amides is 4. The first-order chi connectivity index (χ1) is 23.8. The van der Waals surface area contributed by atoms with Crippen LogP contribution in [0.25, 0.3) is 0 Å². The highest BCUT2D eigenvalue weighted by atomic mass is 16.6. The van der Waals surface area contributed by atoms with E-state index >= 15 is 0 Å². The fourth-order valence-electron chi connectivity index (χ4n) is 4.48. The van der Waals surface area contributed by atoms with Gasteiger partial charge in [-0.1, -0.05) is 60.7 Å². The van der Waals surface area contributed by atoms with Gasteiger partial charge in [0, 0.05) is 18.5 Å². The number of anilines is 1. The van der Waals surface area contributed by atoms with Gasteiger partial charge in [-0.3, -0.25) is 19.2 Å². The van der Waals surface area contributed by atoms with Crippen LogP contribution in [-0.2, 0) is 46.3 Å². The van der Waals surface area contributed by atoms with Gasteiger partial charge in [-0.25, -0.2) is 14.4 Å².